The molecule has 0 aliphatic carbocycles. The van der Waals surface area contributed by atoms with E-state index in [0.717, 1.165) is 29.8 Å². The van der Waals surface area contributed by atoms with Crippen LogP contribution in [0, 0.1) is 0 Å². The van der Waals surface area contributed by atoms with Crippen molar-refractivity contribution in [2.75, 3.05) is 49.5 Å². The second-order valence-electron chi connectivity index (χ2n) is 33.3. The second kappa shape index (κ2) is 32.2. The molecule has 17 rings (SSSR count). The molecule has 0 bridgehead atoms. The topological polar surface area (TPSA) is 334 Å². The largest absolute Gasteiger partial charge is 0.507 e. The molecular weight excluding hydrogens is 1600 g/mol. The van der Waals surface area contributed by atoms with Crippen LogP contribution in [0.2, 0.25) is 0 Å². The highest BCUT2D eigenvalue weighted by atomic mass is 79.9. The van der Waals surface area contributed by atoms with Crippen LogP contribution in [0.4, 0.5) is 43.3 Å². The van der Waals surface area contributed by atoms with Crippen molar-refractivity contribution in [2.24, 2.45) is 0 Å². The Labute approximate surface area is 682 Å². The molecular formula is C85H89BrF4N14O14. The number of nitrogens with zero attached hydrogens (tertiary/aromatic N) is 11. The maximum absolute atomic E-state index is 16.1. The smallest absolute Gasteiger partial charge is 0.410 e. The van der Waals surface area contributed by atoms with E-state index in [1.165, 1.54) is 52.4 Å². The zero-order valence-corrected chi connectivity index (χ0v) is 68.0. The zero-order chi connectivity index (χ0) is 84.4. The summed E-state index contributed by atoms with van der Waals surface area (Å²) in [6.07, 6.45) is 12.6. The lowest BCUT2D eigenvalue weighted by molar-refractivity contribution is -0.135. The van der Waals surface area contributed by atoms with E-state index in [0.29, 0.717) is 133 Å². The minimum absolute atomic E-state index is 0.0832. The number of piperidine rings is 5. The van der Waals surface area contributed by atoms with Crippen LogP contribution in [-0.2, 0) is 45.2 Å². The molecule has 2 atom stereocenters. The Bertz CT molecular complexity index is 5770. The van der Waals surface area contributed by atoms with Crippen molar-refractivity contribution in [2.45, 2.75) is 184 Å². The lowest BCUT2D eigenvalue weighted by Crippen LogP contribution is -2.53. The van der Waals surface area contributed by atoms with Crippen LogP contribution in [0.1, 0.15) is 193 Å². The van der Waals surface area contributed by atoms with E-state index in [9.17, 15) is 53.1 Å². The molecule has 2 unspecified atom stereocenters. The maximum Gasteiger partial charge on any atom is 0.410 e. The predicted molar refractivity (Wildman–Crippen MR) is 432 cm³/mol. The van der Waals surface area contributed by atoms with E-state index in [-0.39, 0.29) is 110 Å². The van der Waals surface area contributed by atoms with Crippen molar-refractivity contribution in [1.29, 1.82) is 0 Å². The Morgan fingerprint density at radius 3 is 1.43 bits per heavy atom. The highest BCUT2D eigenvalue weighted by Gasteiger charge is 2.46. The Morgan fingerprint density at radius 1 is 0.483 bits per heavy atom. The van der Waals surface area contributed by atoms with Gasteiger partial charge in [0.2, 0.25) is 23.6 Å². The summed E-state index contributed by atoms with van der Waals surface area (Å²) in [6.45, 7) is 19.4. The molecule has 4 aromatic heterocycles. The van der Waals surface area contributed by atoms with Gasteiger partial charge in [-0.3, -0.25) is 63.1 Å². The fraction of sp³-hybridized carbons (Fsp3) is 0.412. The third kappa shape index (κ3) is 17.0. The number of anilines is 2. The summed E-state index contributed by atoms with van der Waals surface area (Å²) < 4.78 is 84.9. The molecule has 0 saturated carbocycles. The number of imide groups is 2. The summed E-state index contributed by atoms with van der Waals surface area (Å²) in [5.41, 5.74) is -0.0861. The van der Waals surface area contributed by atoms with Crippen LogP contribution >= 0.6 is 15.9 Å². The Balaban J connectivity index is 0.000000139. The van der Waals surface area contributed by atoms with Gasteiger partial charge < -0.3 is 39.3 Å². The number of aliphatic hydroxyl groups is 1. The summed E-state index contributed by atoms with van der Waals surface area (Å²) in [4.78, 5) is 130. The molecule has 7 aliphatic heterocycles. The minimum atomic E-state index is -3.43. The molecule has 0 spiro atoms. The van der Waals surface area contributed by atoms with Crippen molar-refractivity contribution < 1.29 is 80.0 Å². The van der Waals surface area contributed by atoms with Gasteiger partial charge in [0.1, 0.15) is 28.6 Å². The third-order valence-corrected chi connectivity index (χ3v) is 22.5. The number of rotatable bonds is 9. The molecule has 6 aromatic carbocycles. The van der Waals surface area contributed by atoms with Gasteiger partial charge in [-0.25, -0.2) is 19.4 Å². The first kappa shape index (κ1) is 82.6. The summed E-state index contributed by atoms with van der Waals surface area (Å²) in [5, 5.41) is 35.4. The molecule has 7 aliphatic rings. The number of halogens is 5. The van der Waals surface area contributed by atoms with Gasteiger partial charge in [-0.1, -0.05) is 52.3 Å². The number of amides is 9. The first-order valence-electron chi connectivity index (χ1n) is 39.1. The molecule has 11 heterocycles. The number of hydrogen-bond donors (Lipinski definition) is 4. The molecule has 33 heteroatoms. The zero-order valence-electron chi connectivity index (χ0n) is 66.4. The maximum atomic E-state index is 16.1. The number of carbonyl (C=O) groups is 9. The molecule has 0 radical (unpaired) electrons. The van der Waals surface area contributed by atoms with Gasteiger partial charge in [0.05, 0.1) is 74.8 Å². The molecule has 28 nitrogen and oxygen atoms in total. The summed E-state index contributed by atoms with van der Waals surface area (Å²) in [5.74, 6) is -8.75. The van der Waals surface area contributed by atoms with Crippen molar-refractivity contribution in [3.8, 4) is 0 Å². The number of likely N-dealkylation sites (tertiary alicyclic amines) is 3. The number of aromatic nitrogens is 7. The predicted octanol–water partition coefficient (Wildman–Crippen LogP) is 13.4. The lowest BCUT2D eigenvalue weighted by atomic mass is 9.94. The highest BCUT2D eigenvalue weighted by Crippen LogP contribution is 2.48. The number of hydrogen-bond acceptors (Lipinski definition) is 18. The van der Waals surface area contributed by atoms with Crippen molar-refractivity contribution >= 4 is 130 Å². The summed E-state index contributed by atoms with van der Waals surface area (Å²) >= 11 is 3.12. The van der Waals surface area contributed by atoms with Crippen LogP contribution in [0.25, 0.3) is 49.0 Å². The van der Waals surface area contributed by atoms with Gasteiger partial charge >= 0.3 is 30.1 Å². The van der Waals surface area contributed by atoms with Gasteiger partial charge in [0, 0.05) is 120 Å². The minimum Gasteiger partial charge on any atom is -0.507 e. The van der Waals surface area contributed by atoms with Gasteiger partial charge in [0.25, 0.3) is 17.4 Å². The van der Waals surface area contributed by atoms with E-state index in [2.05, 4.69) is 52.2 Å². The summed E-state index contributed by atoms with van der Waals surface area (Å²) in [7, 11) is 0. The number of nitrogens with one attached hydrogen (secondary N) is 3. The SMILES string of the molecule is CC(C)(C)OC(=O)N1CCC(n2cc(C(F)(F)c3ccc4c5c(cccc35)C(=O)N4)cn2)CC1.CC(C)(C)OC(=O)N1CCC(n2cc(C(F)(F)c3ccc4c5c(cccc35)C(=O)N4C3CCC(=O)NC3=O)cn2)CC1.CC(C)(C)OC(=O)N1CCC(n2cc(C(O)=c3ccc4nc(=O)c5cccc3c45)cn2)CC1.O=C1CCC(Br)C(=O)N1. The quantitative estimate of drug-likeness (QED) is 0.0451. The molecule has 118 heavy (non-hydrogen) atoms. The monoisotopic (exact) mass is 1680 g/mol. The normalized spacial score (nSPS) is 18.7. The number of benzene rings is 6. The molecule has 5 saturated heterocycles. The summed E-state index contributed by atoms with van der Waals surface area (Å²) in [6, 6.07) is 23.1. The van der Waals surface area contributed by atoms with Crippen molar-refractivity contribution in [1.82, 2.24) is 59.7 Å². The van der Waals surface area contributed by atoms with Crippen LogP contribution in [0.5, 0.6) is 0 Å². The molecule has 4 N–H and O–H groups in total. The first-order valence-corrected chi connectivity index (χ1v) is 40.0. The van der Waals surface area contributed by atoms with E-state index in [4.69, 9.17) is 14.2 Å². The van der Waals surface area contributed by atoms with Crippen LogP contribution < -0.4 is 31.6 Å². The molecule has 5 fully saturated rings. The number of carbonyl (C=O) groups excluding carboxylic acids is 9. The second-order valence-corrected chi connectivity index (χ2v) is 34.4. The number of ether oxygens (including phenoxy) is 3. The van der Waals surface area contributed by atoms with Crippen LogP contribution in [0.3, 0.4) is 0 Å². The average Bonchev–Trinajstić information content (AvgIpc) is 1.55. The van der Waals surface area contributed by atoms with Gasteiger partial charge in [0.15, 0.2) is 0 Å². The van der Waals surface area contributed by atoms with Crippen LogP contribution in [0.15, 0.2) is 133 Å². The average molecular weight is 1690 g/mol. The fourth-order valence-electron chi connectivity index (χ4n) is 15.8. The molecule has 618 valence electrons. The van der Waals surface area contributed by atoms with E-state index >= 15 is 17.6 Å². The fourth-order valence-corrected chi connectivity index (χ4v) is 16.2. The van der Waals surface area contributed by atoms with Crippen molar-refractivity contribution in [3.63, 3.8) is 0 Å². The van der Waals surface area contributed by atoms with E-state index in [1.54, 1.807) is 107 Å². The van der Waals surface area contributed by atoms with Gasteiger partial charge in [-0.15, -0.1) is 0 Å². The molecule has 10 aromatic rings. The molecule has 9 amide bonds. The highest BCUT2D eigenvalue weighted by molar-refractivity contribution is 9.10. The first-order chi connectivity index (χ1) is 55.8. The number of aliphatic hydroxyl groups excluding tert-OH is 1. The van der Waals surface area contributed by atoms with Gasteiger partial charge in [-0.2, -0.15) is 32.9 Å². The van der Waals surface area contributed by atoms with E-state index in [1.807, 2.05) is 58.5 Å². The van der Waals surface area contributed by atoms with Crippen molar-refractivity contribution in [3.05, 3.63) is 183 Å². The van der Waals surface area contributed by atoms with E-state index < -0.39 is 58.5 Å². The Hall–Kier alpha value is -11.9. The third-order valence-electron chi connectivity index (χ3n) is 21.6. The van der Waals surface area contributed by atoms with Crippen LogP contribution in [-0.4, -0.2) is 175 Å². The number of alkyl halides is 5. The lowest BCUT2D eigenvalue weighted by Gasteiger charge is -2.33. The van der Waals surface area contributed by atoms with Gasteiger partial charge in [-0.05, 0) is 184 Å². The standard InChI is InChI=1S/C30H31F2N5O5.C25H26F2N4O3.C25H26N4O4.C5H6BrNO2/c1-29(2,3)42-28(41)35-13-11-18(12-14-35)36-16-17(15-33-36)30(31,32)21-7-8-22-25-19(21)5-4-6-20(25)27(40)37(22)23-9-10-24(38)34-26(23)39;1-24(2,3)34-23(33)30-11-9-16(10-12-30)31-14-15(13-28-31)25(26,27)19-7-8-20-21-17(19)5-4-6-18(21)22(32)29-20;1-25(2,3)33-24(32)28-11-9-16(10-12-28)29-14-15(13-26-29)22(30)18-7-8-20-21-17(18)5-4-6-19(21)23(31)27-20;6-3-1-2-4(8)7-5(3)9/h4-8,15-16,18,23H,9-14H2,1-3H3,(H,34,38,39);4-8,13-14,16H,9-12H2,1-3H3,(H,29,32);4-8,13-14,16,30H,9-12H2,1-3H3;3H,1-2H2,(H,7,8,9). The Morgan fingerprint density at radius 2 is 0.932 bits per heavy atom. The Kier molecular flexibility index (Phi) is 22.5.